The van der Waals surface area contributed by atoms with Crippen LogP contribution in [0.2, 0.25) is 0 Å². The van der Waals surface area contributed by atoms with Gasteiger partial charge in [-0.1, -0.05) is 42.5 Å². The highest BCUT2D eigenvalue weighted by Crippen LogP contribution is 2.21. The van der Waals surface area contributed by atoms with Gasteiger partial charge in [0.05, 0.1) is 9.77 Å². The normalized spacial score (nSPS) is 10.5. The summed E-state index contributed by atoms with van der Waals surface area (Å²) in [5.41, 5.74) is 3.60. The minimum atomic E-state index is -0.156. The number of rotatable bonds is 3. The fraction of sp³-hybridized carbons (Fsp3) is 0.0588. The molecule has 1 heterocycles. The zero-order valence-corrected chi connectivity index (χ0v) is 14.1. The van der Waals surface area contributed by atoms with E-state index in [1.54, 1.807) is 17.9 Å². The Labute approximate surface area is 142 Å². The fourth-order valence-corrected chi connectivity index (χ4v) is 2.95. The van der Waals surface area contributed by atoms with Crippen LogP contribution in [0.4, 0.5) is 5.69 Å². The molecule has 22 heavy (non-hydrogen) atoms. The van der Waals surface area contributed by atoms with E-state index in [1.165, 1.54) is 0 Å². The van der Waals surface area contributed by atoms with Crippen LogP contribution in [0, 0.1) is 3.57 Å². The van der Waals surface area contributed by atoms with E-state index < -0.39 is 0 Å². The van der Waals surface area contributed by atoms with Crippen molar-refractivity contribution >= 4 is 34.2 Å². The van der Waals surface area contributed by atoms with Gasteiger partial charge in [-0.05, 0) is 45.9 Å². The molecule has 0 saturated heterocycles. The molecule has 110 valence electrons. The van der Waals surface area contributed by atoms with Crippen molar-refractivity contribution in [1.29, 1.82) is 0 Å². The molecule has 0 aliphatic heterocycles. The Balaban J connectivity index is 1.78. The van der Waals surface area contributed by atoms with Gasteiger partial charge in [-0.25, -0.2) is 0 Å². The number of nitrogens with one attached hydrogen (secondary N) is 1. The maximum absolute atomic E-state index is 12.3. The average molecular weight is 403 g/mol. The molecular formula is C17H14IN3O. The van der Waals surface area contributed by atoms with Gasteiger partial charge >= 0.3 is 0 Å². The second kappa shape index (κ2) is 6.31. The summed E-state index contributed by atoms with van der Waals surface area (Å²) in [5, 5.41) is 6.98. The summed E-state index contributed by atoms with van der Waals surface area (Å²) in [5.74, 6) is -0.156. The number of aromatic nitrogens is 2. The summed E-state index contributed by atoms with van der Waals surface area (Å²) >= 11 is 2.11. The summed E-state index contributed by atoms with van der Waals surface area (Å²) in [4.78, 5) is 12.3. The Morgan fingerprint density at radius 1 is 1.05 bits per heavy atom. The summed E-state index contributed by atoms with van der Waals surface area (Å²) in [7, 11) is 1.76. The zero-order chi connectivity index (χ0) is 15.5. The molecular weight excluding hydrogens is 389 g/mol. The first-order chi connectivity index (χ1) is 10.6. The van der Waals surface area contributed by atoms with Gasteiger partial charge in [0.15, 0.2) is 0 Å². The summed E-state index contributed by atoms with van der Waals surface area (Å²) in [6.45, 7) is 0. The fourth-order valence-electron chi connectivity index (χ4n) is 2.23. The second-order valence-electron chi connectivity index (χ2n) is 4.86. The molecule has 0 saturated carbocycles. The number of carbonyl (C=O) groups excluding carboxylic acids is 1. The van der Waals surface area contributed by atoms with E-state index in [0.29, 0.717) is 5.69 Å². The summed E-state index contributed by atoms with van der Waals surface area (Å²) in [6.07, 6.45) is 1.67. The van der Waals surface area contributed by atoms with Gasteiger partial charge in [-0.2, -0.15) is 5.10 Å². The predicted octanol–water partition coefficient (Wildman–Crippen LogP) is 3.94. The smallest absolute Gasteiger partial charge is 0.275 e. The van der Waals surface area contributed by atoms with Gasteiger partial charge in [0, 0.05) is 12.7 Å². The first-order valence-corrected chi connectivity index (χ1v) is 7.87. The lowest BCUT2D eigenvalue weighted by Crippen LogP contribution is -2.17. The van der Waals surface area contributed by atoms with Gasteiger partial charge in [-0.3, -0.25) is 9.48 Å². The molecule has 0 bridgehead atoms. The monoisotopic (exact) mass is 403 g/mol. The molecule has 0 atom stereocenters. The van der Waals surface area contributed by atoms with E-state index in [0.717, 1.165) is 20.4 Å². The van der Waals surface area contributed by atoms with Gasteiger partial charge < -0.3 is 5.32 Å². The van der Waals surface area contributed by atoms with Crippen molar-refractivity contribution in [3.8, 4) is 11.1 Å². The quantitative estimate of drug-likeness (QED) is 0.674. The Morgan fingerprint density at radius 2 is 1.68 bits per heavy atom. The number of hydrogen-bond donors (Lipinski definition) is 1. The number of halogens is 1. The van der Waals surface area contributed by atoms with Gasteiger partial charge in [0.25, 0.3) is 5.91 Å². The molecule has 0 radical (unpaired) electrons. The Morgan fingerprint density at radius 3 is 2.27 bits per heavy atom. The van der Waals surface area contributed by atoms with Crippen LogP contribution >= 0.6 is 22.6 Å². The Hall–Kier alpha value is -2.15. The predicted molar refractivity (Wildman–Crippen MR) is 95.8 cm³/mol. The van der Waals surface area contributed by atoms with Gasteiger partial charge in [0.2, 0.25) is 0 Å². The van der Waals surface area contributed by atoms with Crippen LogP contribution in [0.15, 0.2) is 60.8 Å². The first kappa shape index (κ1) is 14.8. The molecule has 0 aliphatic rings. The number of carbonyl (C=O) groups is 1. The van der Waals surface area contributed by atoms with E-state index in [9.17, 15) is 4.79 Å². The topological polar surface area (TPSA) is 46.9 Å². The van der Waals surface area contributed by atoms with Crippen molar-refractivity contribution in [2.24, 2.45) is 7.05 Å². The molecule has 0 fully saturated rings. The highest BCUT2D eigenvalue weighted by Gasteiger charge is 2.15. The van der Waals surface area contributed by atoms with Crippen LogP contribution in [-0.4, -0.2) is 15.7 Å². The number of nitrogens with zero attached hydrogens (tertiary/aromatic N) is 2. The molecule has 0 unspecified atom stereocenters. The molecule has 2 aromatic carbocycles. The molecule has 0 spiro atoms. The highest BCUT2D eigenvalue weighted by atomic mass is 127. The number of hydrogen-bond acceptors (Lipinski definition) is 2. The Kier molecular flexibility index (Phi) is 4.24. The number of benzene rings is 2. The van der Waals surface area contributed by atoms with Crippen molar-refractivity contribution in [2.45, 2.75) is 0 Å². The minimum Gasteiger partial charge on any atom is -0.321 e. The third kappa shape index (κ3) is 3.04. The molecule has 1 N–H and O–H groups in total. The minimum absolute atomic E-state index is 0.156. The number of anilines is 1. The van der Waals surface area contributed by atoms with Gasteiger partial charge in [0.1, 0.15) is 5.69 Å². The maximum atomic E-state index is 12.3. The molecule has 3 aromatic rings. The molecule has 3 rings (SSSR count). The molecule has 1 aromatic heterocycles. The molecule has 5 heteroatoms. The lowest BCUT2D eigenvalue weighted by atomic mass is 10.1. The third-order valence-corrected chi connectivity index (χ3v) is 4.15. The van der Waals surface area contributed by atoms with Crippen LogP contribution < -0.4 is 5.32 Å². The first-order valence-electron chi connectivity index (χ1n) is 6.79. The van der Waals surface area contributed by atoms with Crippen LogP contribution in [0.1, 0.15) is 10.5 Å². The van der Waals surface area contributed by atoms with Crippen LogP contribution in [-0.2, 0) is 7.05 Å². The van der Waals surface area contributed by atoms with E-state index in [2.05, 4.69) is 45.1 Å². The maximum Gasteiger partial charge on any atom is 0.275 e. The molecule has 4 nitrogen and oxygen atoms in total. The van der Waals surface area contributed by atoms with Crippen molar-refractivity contribution < 1.29 is 4.79 Å². The highest BCUT2D eigenvalue weighted by molar-refractivity contribution is 14.1. The average Bonchev–Trinajstić information content (AvgIpc) is 2.88. The zero-order valence-electron chi connectivity index (χ0n) is 12.0. The SMILES string of the molecule is Cn1ncc(I)c1C(=O)Nc1ccc(-c2ccccc2)cc1. The molecule has 0 aliphatic carbocycles. The van der Waals surface area contributed by atoms with E-state index in [1.807, 2.05) is 42.5 Å². The number of amides is 1. The van der Waals surface area contributed by atoms with E-state index in [4.69, 9.17) is 0 Å². The largest absolute Gasteiger partial charge is 0.321 e. The number of aryl methyl sites for hydroxylation is 1. The van der Waals surface area contributed by atoms with Crippen molar-refractivity contribution in [3.05, 3.63) is 70.1 Å². The van der Waals surface area contributed by atoms with Gasteiger partial charge in [-0.15, -0.1) is 0 Å². The Bertz CT molecular complexity index is 775. The lowest BCUT2D eigenvalue weighted by molar-refractivity contribution is 0.101. The van der Waals surface area contributed by atoms with Crippen LogP contribution in [0.3, 0.4) is 0 Å². The third-order valence-electron chi connectivity index (χ3n) is 3.36. The van der Waals surface area contributed by atoms with E-state index >= 15 is 0 Å². The van der Waals surface area contributed by atoms with E-state index in [-0.39, 0.29) is 5.91 Å². The standard InChI is InChI=1S/C17H14IN3O/c1-21-16(15(18)11-19-21)17(22)20-14-9-7-13(8-10-14)12-5-3-2-4-6-12/h2-11H,1H3,(H,20,22). The lowest BCUT2D eigenvalue weighted by Gasteiger charge is -2.07. The van der Waals surface area contributed by atoms with Crippen LogP contribution in [0.5, 0.6) is 0 Å². The summed E-state index contributed by atoms with van der Waals surface area (Å²) in [6, 6.07) is 17.9. The van der Waals surface area contributed by atoms with Crippen molar-refractivity contribution in [3.63, 3.8) is 0 Å². The molecule has 1 amide bonds. The van der Waals surface area contributed by atoms with Crippen molar-refractivity contribution in [1.82, 2.24) is 9.78 Å². The van der Waals surface area contributed by atoms with Crippen LogP contribution in [0.25, 0.3) is 11.1 Å². The second-order valence-corrected chi connectivity index (χ2v) is 6.02. The van der Waals surface area contributed by atoms with Crippen molar-refractivity contribution in [2.75, 3.05) is 5.32 Å². The summed E-state index contributed by atoms with van der Waals surface area (Å²) < 4.78 is 2.41.